The first-order valence-electron chi connectivity index (χ1n) is 6.45. The smallest absolute Gasteiger partial charge is 0.338 e. The number of aryl methyl sites for hydroxylation is 1. The summed E-state index contributed by atoms with van der Waals surface area (Å²) < 4.78 is 13.7. The number of nitrogen functional groups attached to an aromatic ring is 1. The van der Waals surface area contributed by atoms with E-state index < -0.39 is 17.3 Å². The number of nitrogens with zero attached hydrogens (tertiary/aromatic N) is 1. The van der Waals surface area contributed by atoms with Gasteiger partial charge in [-0.25, -0.2) is 14.2 Å². The summed E-state index contributed by atoms with van der Waals surface area (Å²) in [6.07, 6.45) is 2.73. The Morgan fingerprint density at radius 1 is 1.57 bits per heavy atom. The SMILES string of the molecule is CCc1cnc(C(C)Nc2cc(F)c(C(=O)O)cc2N)s1. The minimum atomic E-state index is -1.34. The molecule has 0 bridgehead atoms. The van der Waals surface area contributed by atoms with Gasteiger partial charge in [0.25, 0.3) is 0 Å². The predicted molar refractivity (Wildman–Crippen MR) is 81.3 cm³/mol. The summed E-state index contributed by atoms with van der Waals surface area (Å²) in [5.74, 6) is -2.16. The first-order chi connectivity index (χ1) is 9.92. The van der Waals surface area contributed by atoms with E-state index in [0.717, 1.165) is 23.6 Å². The number of aromatic nitrogens is 1. The molecule has 2 aromatic rings. The number of nitrogens with two attached hydrogens (primary N) is 1. The van der Waals surface area contributed by atoms with Crippen molar-refractivity contribution in [2.45, 2.75) is 26.3 Å². The van der Waals surface area contributed by atoms with Crippen LogP contribution in [0.1, 0.15) is 40.1 Å². The molecule has 2 rings (SSSR count). The fourth-order valence-electron chi connectivity index (χ4n) is 1.86. The summed E-state index contributed by atoms with van der Waals surface area (Å²) in [4.78, 5) is 16.3. The second-order valence-corrected chi connectivity index (χ2v) is 5.76. The van der Waals surface area contributed by atoms with Crippen molar-refractivity contribution in [1.29, 1.82) is 0 Å². The Morgan fingerprint density at radius 3 is 2.86 bits per heavy atom. The highest BCUT2D eigenvalue weighted by molar-refractivity contribution is 7.11. The van der Waals surface area contributed by atoms with Gasteiger partial charge in [0.15, 0.2) is 0 Å². The molecule has 112 valence electrons. The summed E-state index contributed by atoms with van der Waals surface area (Å²) in [7, 11) is 0. The number of nitrogens with one attached hydrogen (secondary N) is 1. The molecular weight excluding hydrogens is 293 g/mol. The van der Waals surface area contributed by atoms with E-state index in [1.165, 1.54) is 4.88 Å². The van der Waals surface area contributed by atoms with E-state index in [0.29, 0.717) is 5.69 Å². The minimum absolute atomic E-state index is 0.146. The Balaban J connectivity index is 2.23. The molecule has 4 N–H and O–H groups in total. The molecule has 0 aliphatic heterocycles. The Morgan fingerprint density at radius 2 is 2.29 bits per heavy atom. The molecule has 7 heteroatoms. The number of carboxylic acid groups (broad SMARTS) is 1. The highest BCUT2D eigenvalue weighted by Gasteiger charge is 2.16. The van der Waals surface area contributed by atoms with Gasteiger partial charge in [0.05, 0.1) is 23.0 Å². The zero-order valence-electron chi connectivity index (χ0n) is 11.7. The van der Waals surface area contributed by atoms with E-state index in [1.807, 2.05) is 20.0 Å². The monoisotopic (exact) mass is 309 g/mol. The predicted octanol–water partition coefficient (Wildman–Crippen LogP) is 3.30. The second-order valence-electron chi connectivity index (χ2n) is 4.61. The lowest BCUT2D eigenvalue weighted by molar-refractivity contribution is 0.0692. The molecule has 5 nitrogen and oxygen atoms in total. The van der Waals surface area contributed by atoms with Crippen molar-refractivity contribution >= 4 is 28.7 Å². The molecule has 1 unspecified atom stereocenters. The lowest BCUT2D eigenvalue weighted by Crippen LogP contribution is -2.10. The largest absolute Gasteiger partial charge is 0.478 e. The Bertz CT molecular complexity index is 672. The van der Waals surface area contributed by atoms with E-state index in [1.54, 1.807) is 11.3 Å². The normalized spacial score (nSPS) is 12.1. The van der Waals surface area contributed by atoms with Crippen molar-refractivity contribution in [2.75, 3.05) is 11.1 Å². The van der Waals surface area contributed by atoms with Crippen LogP contribution in [0.3, 0.4) is 0 Å². The van der Waals surface area contributed by atoms with Gasteiger partial charge in [0.1, 0.15) is 10.8 Å². The molecular formula is C14H16FN3O2S. The van der Waals surface area contributed by atoms with Crippen LogP contribution in [-0.2, 0) is 6.42 Å². The third-order valence-electron chi connectivity index (χ3n) is 3.03. The third kappa shape index (κ3) is 3.30. The molecule has 1 atom stereocenters. The zero-order valence-corrected chi connectivity index (χ0v) is 12.5. The molecule has 21 heavy (non-hydrogen) atoms. The lowest BCUT2D eigenvalue weighted by atomic mass is 10.1. The molecule has 0 aliphatic rings. The molecule has 0 saturated heterocycles. The van der Waals surface area contributed by atoms with Gasteiger partial charge in [-0.1, -0.05) is 6.92 Å². The van der Waals surface area contributed by atoms with Gasteiger partial charge >= 0.3 is 5.97 Å². The number of anilines is 2. The first kappa shape index (κ1) is 15.2. The summed E-state index contributed by atoms with van der Waals surface area (Å²) in [5, 5.41) is 12.8. The van der Waals surface area contributed by atoms with Crippen LogP contribution >= 0.6 is 11.3 Å². The van der Waals surface area contributed by atoms with Crippen LogP contribution in [0.2, 0.25) is 0 Å². The van der Waals surface area contributed by atoms with Crippen molar-refractivity contribution in [3.63, 3.8) is 0 Å². The maximum Gasteiger partial charge on any atom is 0.338 e. The maximum absolute atomic E-state index is 13.7. The van der Waals surface area contributed by atoms with Crippen molar-refractivity contribution in [2.24, 2.45) is 0 Å². The molecule has 1 aromatic heterocycles. The van der Waals surface area contributed by atoms with Crippen LogP contribution in [0.4, 0.5) is 15.8 Å². The minimum Gasteiger partial charge on any atom is -0.478 e. The third-order valence-corrected chi connectivity index (χ3v) is 4.36. The van der Waals surface area contributed by atoms with Crippen molar-refractivity contribution in [1.82, 2.24) is 4.98 Å². The Kier molecular flexibility index (Phi) is 4.42. The number of benzene rings is 1. The number of thiazole rings is 1. The van der Waals surface area contributed by atoms with Crippen molar-refractivity contribution < 1.29 is 14.3 Å². The summed E-state index contributed by atoms with van der Waals surface area (Å²) in [6.45, 7) is 3.94. The number of aromatic carboxylic acids is 1. The quantitative estimate of drug-likeness (QED) is 0.738. The highest BCUT2D eigenvalue weighted by Crippen LogP contribution is 2.29. The van der Waals surface area contributed by atoms with Gasteiger partial charge in [-0.15, -0.1) is 11.3 Å². The summed E-state index contributed by atoms with van der Waals surface area (Å²) in [5.41, 5.74) is 5.89. The number of hydrogen-bond donors (Lipinski definition) is 3. The average Bonchev–Trinajstić information content (AvgIpc) is 2.91. The van der Waals surface area contributed by atoms with E-state index in [4.69, 9.17) is 10.8 Å². The summed E-state index contributed by atoms with van der Waals surface area (Å²) in [6, 6.07) is 2.07. The van der Waals surface area contributed by atoms with Gasteiger partial charge in [0, 0.05) is 11.1 Å². The van der Waals surface area contributed by atoms with Gasteiger partial charge in [0.2, 0.25) is 0 Å². The van der Waals surface area contributed by atoms with E-state index in [9.17, 15) is 9.18 Å². The average molecular weight is 309 g/mol. The Hall–Kier alpha value is -2.15. The van der Waals surface area contributed by atoms with Crippen molar-refractivity contribution in [3.05, 3.63) is 39.6 Å². The topological polar surface area (TPSA) is 88.2 Å². The number of carbonyl (C=O) groups is 1. The molecule has 0 radical (unpaired) electrons. The van der Waals surface area contributed by atoms with Gasteiger partial charge in [-0.2, -0.15) is 0 Å². The van der Waals surface area contributed by atoms with Gasteiger partial charge < -0.3 is 16.2 Å². The fourth-order valence-corrected chi connectivity index (χ4v) is 2.72. The van der Waals surface area contributed by atoms with Crippen LogP contribution in [0.25, 0.3) is 0 Å². The molecule has 0 fully saturated rings. The van der Waals surface area contributed by atoms with E-state index in [2.05, 4.69) is 10.3 Å². The van der Waals surface area contributed by atoms with Crippen molar-refractivity contribution in [3.8, 4) is 0 Å². The Labute approximate surface area is 125 Å². The molecule has 0 spiro atoms. The summed E-state index contributed by atoms with van der Waals surface area (Å²) >= 11 is 1.58. The second kappa shape index (κ2) is 6.09. The molecule has 0 aliphatic carbocycles. The standard InChI is InChI=1S/C14H16FN3O2S/c1-3-8-6-17-13(21-8)7(2)18-12-5-10(15)9(14(19)20)4-11(12)16/h4-7,18H,3,16H2,1-2H3,(H,19,20). The van der Waals surface area contributed by atoms with Gasteiger partial charge in [-0.3, -0.25) is 0 Å². The van der Waals surface area contributed by atoms with Crippen LogP contribution < -0.4 is 11.1 Å². The number of carboxylic acids is 1. The lowest BCUT2D eigenvalue weighted by Gasteiger charge is -2.15. The van der Waals surface area contributed by atoms with Gasteiger partial charge in [-0.05, 0) is 25.5 Å². The van der Waals surface area contributed by atoms with E-state index in [-0.39, 0.29) is 11.7 Å². The first-order valence-corrected chi connectivity index (χ1v) is 7.27. The number of halogens is 1. The van der Waals surface area contributed by atoms with Crippen LogP contribution in [0.5, 0.6) is 0 Å². The number of rotatable bonds is 5. The molecule has 0 saturated carbocycles. The molecule has 1 heterocycles. The van der Waals surface area contributed by atoms with Crippen LogP contribution in [-0.4, -0.2) is 16.1 Å². The zero-order chi connectivity index (χ0) is 15.6. The van der Waals surface area contributed by atoms with Crippen LogP contribution in [0, 0.1) is 5.82 Å². The highest BCUT2D eigenvalue weighted by atomic mass is 32.1. The molecule has 0 amide bonds. The molecule has 1 aromatic carbocycles. The van der Waals surface area contributed by atoms with Crippen LogP contribution in [0.15, 0.2) is 18.3 Å². The number of hydrogen-bond acceptors (Lipinski definition) is 5. The maximum atomic E-state index is 13.7. The fraction of sp³-hybridized carbons (Fsp3) is 0.286. The van der Waals surface area contributed by atoms with E-state index >= 15 is 0 Å².